The maximum Gasteiger partial charge on any atom is 0.361 e. The van der Waals surface area contributed by atoms with Crippen LogP contribution in [-0.4, -0.2) is 59.0 Å². The number of nitrogens with zero attached hydrogens (tertiary/aromatic N) is 4. The van der Waals surface area contributed by atoms with Gasteiger partial charge in [0.15, 0.2) is 29.1 Å². The molecular weight excluding hydrogens is 401 g/mol. The highest BCUT2D eigenvalue weighted by molar-refractivity contribution is 7.60. The minimum atomic E-state index is -3.30. The first kappa shape index (κ1) is 18.2. The molecule has 0 aromatic carbocycles. The van der Waals surface area contributed by atoms with Gasteiger partial charge in [0.05, 0.1) is 5.60 Å². The van der Waals surface area contributed by atoms with Crippen molar-refractivity contribution in [2.24, 2.45) is 0 Å². The van der Waals surface area contributed by atoms with Crippen LogP contribution in [0.4, 0.5) is 5.82 Å². The molecule has 11 nitrogen and oxygen atoms in total. The van der Waals surface area contributed by atoms with Crippen molar-refractivity contribution in [1.82, 2.24) is 19.5 Å². The quantitative estimate of drug-likeness (QED) is 0.464. The van der Waals surface area contributed by atoms with Crippen molar-refractivity contribution in [2.75, 3.05) is 5.73 Å². The summed E-state index contributed by atoms with van der Waals surface area (Å²) in [5.41, 5.74) is 2.70. The highest BCUT2D eigenvalue weighted by Gasteiger charge is 2.96. The van der Waals surface area contributed by atoms with Crippen LogP contribution in [0.15, 0.2) is 6.33 Å². The maximum atomic E-state index is 13.0. The molecule has 8 unspecified atom stereocenters. The number of hydrogen-bond acceptors (Lipinski definition) is 10. The van der Waals surface area contributed by atoms with Gasteiger partial charge in [-0.25, -0.2) is 15.0 Å². The van der Waals surface area contributed by atoms with E-state index in [2.05, 4.69) is 15.0 Å². The van der Waals surface area contributed by atoms with Gasteiger partial charge in [0, 0.05) is 0 Å². The fourth-order valence-electron chi connectivity index (χ4n) is 5.57. The fraction of sp³-hybridized carbons (Fsp3) is 0.706. The minimum absolute atomic E-state index is 0.186. The molecule has 1 saturated carbocycles. The number of hydrogen-bond donors (Lipinski definition) is 3. The van der Waals surface area contributed by atoms with E-state index >= 15 is 0 Å². The molecule has 5 aliphatic rings. The zero-order valence-corrected chi connectivity index (χ0v) is 17.0. The molecule has 2 aromatic heterocycles. The van der Waals surface area contributed by atoms with Crippen LogP contribution in [0.1, 0.15) is 45.7 Å². The lowest BCUT2D eigenvalue weighted by Crippen LogP contribution is -2.57. The van der Waals surface area contributed by atoms with Gasteiger partial charge in [-0.3, -0.25) is 18.2 Å². The van der Waals surface area contributed by atoms with E-state index in [0.29, 0.717) is 29.8 Å². The van der Waals surface area contributed by atoms with Gasteiger partial charge in [0.2, 0.25) is 0 Å². The SMILES string of the molecule is CCC1OP1(=O)OC(C)(CC)C12c3nc4c(N)ncnc4n3C3OC1C2(O)C3O. The number of imidazole rings is 1. The molecular formula is C17H22N5O6P. The Balaban J connectivity index is 1.59. The molecule has 0 spiro atoms. The molecule has 4 aliphatic heterocycles. The van der Waals surface area contributed by atoms with Crippen LogP contribution in [0.3, 0.4) is 0 Å². The van der Waals surface area contributed by atoms with Crippen LogP contribution in [0.2, 0.25) is 0 Å². The second-order valence-corrected chi connectivity index (χ2v) is 10.5. The lowest BCUT2D eigenvalue weighted by Gasteiger charge is -2.45. The zero-order chi connectivity index (χ0) is 20.6. The first-order valence-corrected chi connectivity index (χ1v) is 11.3. The van der Waals surface area contributed by atoms with Gasteiger partial charge in [0.25, 0.3) is 0 Å². The Morgan fingerprint density at radius 1 is 1.45 bits per heavy atom. The predicted molar refractivity (Wildman–Crippen MR) is 98.8 cm³/mol. The van der Waals surface area contributed by atoms with Crippen molar-refractivity contribution in [2.45, 2.75) is 74.5 Å². The number of rotatable bonds is 5. The first-order chi connectivity index (χ1) is 13.7. The normalized spacial score (nSPS) is 45.8. The molecule has 156 valence electrons. The van der Waals surface area contributed by atoms with E-state index in [9.17, 15) is 14.8 Å². The van der Waals surface area contributed by atoms with Gasteiger partial charge < -0.3 is 20.7 Å². The van der Waals surface area contributed by atoms with E-state index in [1.165, 1.54) is 6.33 Å². The van der Waals surface area contributed by atoms with Crippen LogP contribution in [0.25, 0.3) is 11.2 Å². The Kier molecular flexibility index (Phi) is 3.12. The van der Waals surface area contributed by atoms with Crippen molar-refractivity contribution in [3.05, 3.63) is 12.2 Å². The Morgan fingerprint density at radius 2 is 2.21 bits per heavy atom. The van der Waals surface area contributed by atoms with E-state index < -0.39 is 48.5 Å². The number of aliphatic hydroxyl groups is 2. The van der Waals surface area contributed by atoms with Crippen LogP contribution < -0.4 is 5.73 Å². The number of anilines is 1. The van der Waals surface area contributed by atoms with E-state index in [4.69, 9.17) is 19.5 Å². The number of fused-ring (bicyclic) bond motifs is 1. The third kappa shape index (κ3) is 1.69. The van der Waals surface area contributed by atoms with E-state index in [1.54, 1.807) is 11.5 Å². The Bertz CT molecular complexity index is 1130. The van der Waals surface area contributed by atoms with Crippen LogP contribution in [-0.2, 0) is 23.8 Å². The minimum Gasteiger partial charge on any atom is -0.385 e. The summed E-state index contributed by atoms with van der Waals surface area (Å²) in [6, 6.07) is 0. The molecule has 7 rings (SSSR count). The number of aromatic nitrogens is 4. The topological polar surface area (TPSA) is 158 Å². The van der Waals surface area contributed by atoms with Crippen LogP contribution >= 0.6 is 7.60 Å². The number of nitrogen functional groups attached to an aromatic ring is 1. The highest BCUT2D eigenvalue weighted by atomic mass is 31.2. The van der Waals surface area contributed by atoms with Gasteiger partial charge >= 0.3 is 7.60 Å². The number of ether oxygens (including phenoxy) is 1. The van der Waals surface area contributed by atoms with Crippen molar-refractivity contribution in [1.29, 1.82) is 0 Å². The lowest BCUT2D eigenvalue weighted by molar-refractivity contribution is -0.146. The molecule has 2 saturated heterocycles. The molecule has 6 heterocycles. The molecule has 4 N–H and O–H groups in total. The summed E-state index contributed by atoms with van der Waals surface area (Å²) in [6.07, 6.45) is -0.591. The van der Waals surface area contributed by atoms with Crippen molar-refractivity contribution in [3.8, 4) is 0 Å². The average molecular weight is 423 g/mol. The maximum absolute atomic E-state index is 13.0. The largest absolute Gasteiger partial charge is 0.385 e. The number of aliphatic hydroxyl groups excluding tert-OH is 1. The monoisotopic (exact) mass is 423 g/mol. The predicted octanol–water partition coefficient (Wildman–Crippen LogP) is 0.808. The molecule has 12 heteroatoms. The summed E-state index contributed by atoms with van der Waals surface area (Å²) in [7, 11) is -3.30. The first-order valence-electron chi connectivity index (χ1n) is 9.73. The molecule has 1 aliphatic carbocycles. The van der Waals surface area contributed by atoms with E-state index in [0.717, 1.165) is 0 Å². The Hall–Kier alpha value is -1.62. The van der Waals surface area contributed by atoms with E-state index in [-0.39, 0.29) is 5.82 Å². The third-order valence-corrected chi connectivity index (χ3v) is 9.39. The molecule has 0 amide bonds. The van der Waals surface area contributed by atoms with Gasteiger partial charge in [-0.05, 0) is 19.8 Å². The van der Waals surface area contributed by atoms with E-state index in [1.807, 2.05) is 13.8 Å². The molecule has 29 heavy (non-hydrogen) atoms. The molecule has 8 atom stereocenters. The van der Waals surface area contributed by atoms with Crippen LogP contribution in [0.5, 0.6) is 0 Å². The summed E-state index contributed by atoms with van der Waals surface area (Å²) in [5.74, 6) is 0.173. The molecule has 3 fully saturated rings. The molecule has 4 bridgehead atoms. The standard InChI is InChI=1S/C17H22N5O6P/c1-4-7-27-29(7,25)28-15(3,5-2)16-13-17(16,24)9(23)12(26-13)22-11-8(21-14(16)22)10(18)19-6-20-11/h6-7,9,12-13,23-24H,4-5H2,1-3H3,(H2,18,19,20). The summed E-state index contributed by atoms with van der Waals surface area (Å²) in [5, 5.41) is 22.5. The molecule has 0 radical (unpaired) electrons. The third-order valence-electron chi connectivity index (χ3n) is 7.21. The zero-order valence-electron chi connectivity index (χ0n) is 16.1. The summed E-state index contributed by atoms with van der Waals surface area (Å²) >= 11 is 0. The second kappa shape index (κ2) is 4.99. The van der Waals surface area contributed by atoms with Crippen molar-refractivity contribution < 1.29 is 28.6 Å². The highest BCUT2D eigenvalue weighted by Crippen LogP contribution is 2.81. The van der Waals surface area contributed by atoms with Gasteiger partial charge in [0.1, 0.15) is 35.4 Å². The van der Waals surface area contributed by atoms with Crippen LogP contribution in [0, 0.1) is 0 Å². The van der Waals surface area contributed by atoms with Gasteiger partial charge in [-0.1, -0.05) is 13.8 Å². The summed E-state index contributed by atoms with van der Waals surface area (Å²) < 4.78 is 32.2. The summed E-state index contributed by atoms with van der Waals surface area (Å²) in [4.78, 5) is 12.9. The van der Waals surface area contributed by atoms with Crippen molar-refractivity contribution >= 4 is 24.6 Å². The summed E-state index contributed by atoms with van der Waals surface area (Å²) in [6.45, 7) is 5.49. The lowest BCUT2D eigenvalue weighted by atomic mass is 9.76. The Morgan fingerprint density at radius 3 is 2.79 bits per heavy atom. The van der Waals surface area contributed by atoms with Gasteiger partial charge in [-0.15, -0.1) is 0 Å². The number of nitrogens with two attached hydrogens (primary N) is 1. The second-order valence-electron chi connectivity index (χ2n) is 8.41. The van der Waals surface area contributed by atoms with Crippen molar-refractivity contribution in [3.63, 3.8) is 0 Å². The Labute approximate surface area is 165 Å². The fourth-order valence-corrected chi connectivity index (χ4v) is 7.68. The smallest absolute Gasteiger partial charge is 0.361 e. The molecule has 2 aromatic rings. The van der Waals surface area contributed by atoms with Gasteiger partial charge in [-0.2, -0.15) is 0 Å². The average Bonchev–Trinajstić information content (AvgIpc) is 3.39.